The van der Waals surface area contributed by atoms with Gasteiger partial charge < -0.3 is 19.7 Å². The molecule has 1 unspecified atom stereocenters. The molecule has 164 valence electrons. The van der Waals surface area contributed by atoms with Gasteiger partial charge in [0.05, 0.1) is 13.7 Å². The van der Waals surface area contributed by atoms with E-state index in [1.54, 1.807) is 31.2 Å². The molecular weight excluding hydrogens is 440 g/mol. The van der Waals surface area contributed by atoms with E-state index < -0.39 is 17.9 Å². The van der Waals surface area contributed by atoms with Crippen molar-refractivity contribution in [2.45, 2.75) is 24.2 Å². The van der Waals surface area contributed by atoms with Crippen LogP contribution >= 0.6 is 23.1 Å². The molecule has 2 aromatic rings. The van der Waals surface area contributed by atoms with E-state index in [4.69, 9.17) is 9.47 Å². The van der Waals surface area contributed by atoms with Crippen LogP contribution in [0.15, 0.2) is 45.9 Å². The molecule has 1 N–H and O–H groups in total. The first-order chi connectivity index (χ1) is 14.9. The third kappa shape index (κ3) is 5.82. The topological polar surface area (TPSA) is 111 Å². The summed E-state index contributed by atoms with van der Waals surface area (Å²) in [6.45, 7) is 3.60. The number of hydrogen-bond donors (Lipinski definition) is 1. The number of β-lactam (4-membered cyclic amide) rings is 1. The molecule has 9 nitrogen and oxygen atoms in total. The Labute approximate surface area is 187 Å². The summed E-state index contributed by atoms with van der Waals surface area (Å²) in [5, 5.41) is 11.5. The van der Waals surface area contributed by atoms with Crippen LogP contribution in [-0.4, -0.2) is 64.9 Å². The summed E-state index contributed by atoms with van der Waals surface area (Å²) in [6, 6.07) is 8.21. The summed E-state index contributed by atoms with van der Waals surface area (Å²) in [4.78, 5) is 38.4. The Morgan fingerprint density at radius 3 is 2.65 bits per heavy atom. The van der Waals surface area contributed by atoms with Gasteiger partial charge in [0.2, 0.25) is 0 Å². The molecule has 0 radical (unpaired) electrons. The fraction of sp³-hybridized carbons (Fsp3) is 0.350. The normalized spacial score (nSPS) is 16.3. The van der Waals surface area contributed by atoms with Crippen molar-refractivity contribution < 1.29 is 23.9 Å². The van der Waals surface area contributed by atoms with Crippen LogP contribution in [-0.2, 0) is 19.1 Å². The smallest absolute Gasteiger partial charge is 0.354 e. The second-order valence-corrected chi connectivity index (χ2v) is 9.07. The number of amides is 2. The highest BCUT2D eigenvalue weighted by Gasteiger charge is 2.42. The molecule has 31 heavy (non-hydrogen) atoms. The predicted octanol–water partition coefficient (Wildman–Crippen LogP) is 1.79. The van der Waals surface area contributed by atoms with E-state index in [2.05, 4.69) is 15.5 Å². The van der Waals surface area contributed by atoms with Crippen LogP contribution in [0.2, 0.25) is 0 Å². The van der Waals surface area contributed by atoms with E-state index in [1.165, 1.54) is 35.1 Å². The maximum atomic E-state index is 12.6. The fourth-order valence-electron chi connectivity index (χ4n) is 2.82. The minimum Gasteiger partial charge on any atom is -0.484 e. The number of likely N-dealkylation sites (tertiary alicyclic amines) is 1. The third-order valence-electron chi connectivity index (χ3n) is 4.35. The second kappa shape index (κ2) is 10.4. The van der Waals surface area contributed by atoms with Crippen molar-refractivity contribution in [2.75, 3.05) is 26.0 Å². The van der Waals surface area contributed by atoms with E-state index >= 15 is 0 Å². The van der Waals surface area contributed by atoms with Gasteiger partial charge in [-0.15, -0.1) is 10.2 Å². The molecular formula is C20H22N4O5S2. The van der Waals surface area contributed by atoms with Crippen molar-refractivity contribution >= 4 is 40.9 Å². The van der Waals surface area contributed by atoms with Crippen LogP contribution in [0.1, 0.15) is 11.9 Å². The second-order valence-electron chi connectivity index (χ2n) is 6.67. The largest absolute Gasteiger partial charge is 0.484 e. The minimum absolute atomic E-state index is 0.181. The van der Waals surface area contributed by atoms with Gasteiger partial charge in [-0.25, -0.2) is 4.79 Å². The Hall–Kier alpha value is -2.92. The summed E-state index contributed by atoms with van der Waals surface area (Å²) < 4.78 is 11.0. The van der Waals surface area contributed by atoms with Gasteiger partial charge in [-0.05, 0) is 31.6 Å². The molecule has 2 heterocycles. The van der Waals surface area contributed by atoms with Crippen LogP contribution in [0.4, 0.5) is 0 Å². The Balaban J connectivity index is 1.57. The van der Waals surface area contributed by atoms with Crippen molar-refractivity contribution in [1.82, 2.24) is 20.4 Å². The maximum Gasteiger partial charge on any atom is 0.354 e. The fourth-order valence-corrected chi connectivity index (χ4v) is 4.59. The van der Waals surface area contributed by atoms with Crippen LogP contribution < -0.4 is 10.1 Å². The lowest BCUT2D eigenvalue weighted by molar-refractivity contribution is -0.150. The highest BCUT2D eigenvalue weighted by Crippen LogP contribution is 2.28. The number of carbonyl (C=O) groups is 3. The van der Waals surface area contributed by atoms with E-state index in [1.807, 2.05) is 13.0 Å². The van der Waals surface area contributed by atoms with Crippen molar-refractivity contribution in [1.29, 1.82) is 0 Å². The predicted molar refractivity (Wildman–Crippen MR) is 116 cm³/mol. The number of methoxy groups -OCH3 is 1. The molecule has 2 amide bonds. The van der Waals surface area contributed by atoms with Gasteiger partial charge in [-0.1, -0.05) is 41.3 Å². The van der Waals surface area contributed by atoms with Gasteiger partial charge in [-0.3, -0.25) is 9.59 Å². The molecule has 1 aromatic carbocycles. The number of benzene rings is 1. The van der Waals surface area contributed by atoms with E-state index in [9.17, 15) is 14.4 Å². The number of aryl methyl sites for hydroxylation is 1. The van der Waals surface area contributed by atoms with E-state index in [0.717, 1.165) is 9.35 Å². The zero-order valence-corrected chi connectivity index (χ0v) is 18.9. The monoisotopic (exact) mass is 462 g/mol. The standard InChI is InChI=1S/C20H22N4O5S2/c1-12(11-30-20-23-22-13(2)31-20)17(19(27)28-3)24-9-15(18(24)26)21-16(25)10-29-14-7-5-4-6-8-14/h4-8,15H,9-11H2,1-3H3,(H,21,25). The van der Waals surface area contributed by atoms with Crippen LogP contribution in [0, 0.1) is 6.92 Å². The van der Waals surface area contributed by atoms with Gasteiger partial charge in [0.25, 0.3) is 11.8 Å². The number of nitrogens with one attached hydrogen (secondary N) is 1. The number of thioether (sulfide) groups is 1. The first kappa shape index (κ1) is 22.8. The average Bonchev–Trinajstić information content (AvgIpc) is 3.20. The molecule has 1 saturated heterocycles. The Morgan fingerprint density at radius 2 is 2.03 bits per heavy atom. The number of carbonyl (C=O) groups excluding carboxylic acids is 3. The molecule has 1 aliphatic rings. The highest BCUT2D eigenvalue weighted by molar-refractivity contribution is 8.01. The van der Waals surface area contributed by atoms with Crippen LogP contribution in [0.3, 0.4) is 0 Å². The molecule has 0 spiro atoms. The van der Waals surface area contributed by atoms with Gasteiger partial charge >= 0.3 is 5.97 Å². The third-order valence-corrected chi connectivity index (χ3v) is 6.49. The summed E-state index contributed by atoms with van der Waals surface area (Å²) in [5.41, 5.74) is 0.863. The Kier molecular flexibility index (Phi) is 7.64. The molecule has 0 bridgehead atoms. The van der Waals surface area contributed by atoms with Crippen LogP contribution in [0.25, 0.3) is 0 Å². The Bertz CT molecular complexity index is 992. The lowest BCUT2D eigenvalue weighted by Crippen LogP contribution is -2.64. The first-order valence-electron chi connectivity index (χ1n) is 9.38. The Morgan fingerprint density at radius 1 is 1.29 bits per heavy atom. The number of rotatable bonds is 9. The number of hydrogen-bond acceptors (Lipinski definition) is 9. The highest BCUT2D eigenvalue weighted by atomic mass is 32.2. The molecule has 1 atom stereocenters. The van der Waals surface area contributed by atoms with Crippen molar-refractivity contribution in [2.24, 2.45) is 0 Å². The lowest BCUT2D eigenvalue weighted by Gasteiger charge is -2.39. The lowest BCUT2D eigenvalue weighted by atomic mass is 10.0. The van der Waals surface area contributed by atoms with Crippen molar-refractivity contribution in [3.8, 4) is 5.75 Å². The molecule has 0 saturated carbocycles. The van der Waals surface area contributed by atoms with Crippen LogP contribution in [0.5, 0.6) is 5.75 Å². The molecule has 3 rings (SSSR count). The molecule has 11 heteroatoms. The number of nitrogens with zero attached hydrogens (tertiary/aromatic N) is 3. The van der Waals surface area contributed by atoms with Gasteiger partial charge in [0, 0.05) is 5.75 Å². The number of para-hydroxylation sites is 1. The number of ether oxygens (including phenoxy) is 2. The summed E-state index contributed by atoms with van der Waals surface area (Å²) in [5.74, 6) is -0.370. The zero-order chi connectivity index (χ0) is 22.4. The minimum atomic E-state index is -0.710. The molecule has 1 aromatic heterocycles. The van der Waals surface area contributed by atoms with E-state index in [0.29, 0.717) is 17.1 Å². The molecule has 0 aliphatic carbocycles. The first-order valence-corrected chi connectivity index (χ1v) is 11.2. The molecule has 1 aliphatic heterocycles. The maximum absolute atomic E-state index is 12.6. The number of esters is 1. The van der Waals surface area contributed by atoms with Crippen molar-refractivity contribution in [3.05, 3.63) is 46.6 Å². The number of aromatic nitrogens is 2. The quantitative estimate of drug-likeness (QED) is 0.260. The van der Waals surface area contributed by atoms with Crippen molar-refractivity contribution in [3.63, 3.8) is 0 Å². The molecule has 1 fully saturated rings. The van der Waals surface area contributed by atoms with Gasteiger partial charge in [-0.2, -0.15) is 0 Å². The summed E-state index contributed by atoms with van der Waals surface area (Å²) in [6.07, 6.45) is 0. The summed E-state index contributed by atoms with van der Waals surface area (Å²) in [7, 11) is 1.27. The van der Waals surface area contributed by atoms with E-state index in [-0.39, 0.29) is 24.8 Å². The van der Waals surface area contributed by atoms with Gasteiger partial charge in [0.1, 0.15) is 22.5 Å². The summed E-state index contributed by atoms with van der Waals surface area (Å²) >= 11 is 2.89. The SMILES string of the molecule is COC(=O)C(=C(C)CSc1nnc(C)s1)N1CC(NC(=O)COc2ccccc2)C1=O. The zero-order valence-electron chi connectivity index (χ0n) is 17.3. The van der Waals surface area contributed by atoms with Gasteiger partial charge in [0.15, 0.2) is 10.9 Å². The average molecular weight is 463 g/mol.